The lowest BCUT2D eigenvalue weighted by molar-refractivity contribution is 0.682. The largest absolute Gasteiger partial charge is 0.355 e. The molecule has 3 aromatic rings. The van der Waals surface area contributed by atoms with Crippen molar-refractivity contribution in [2.75, 3.05) is 18.0 Å². The van der Waals surface area contributed by atoms with Crippen LogP contribution in [0, 0.1) is 0 Å². The van der Waals surface area contributed by atoms with Crippen LogP contribution in [0.4, 0.5) is 5.82 Å². The Kier molecular flexibility index (Phi) is 3.54. The fraction of sp³-hybridized carbons (Fsp3) is 0.278. The quantitative estimate of drug-likeness (QED) is 0.730. The van der Waals surface area contributed by atoms with E-state index in [2.05, 4.69) is 56.4 Å². The van der Waals surface area contributed by atoms with E-state index >= 15 is 0 Å². The summed E-state index contributed by atoms with van der Waals surface area (Å²) in [5.41, 5.74) is 3.68. The number of rotatable bonds is 2. The summed E-state index contributed by atoms with van der Waals surface area (Å²) in [5.74, 6) is 1.00. The van der Waals surface area contributed by atoms with Gasteiger partial charge in [0, 0.05) is 20.1 Å². The average molecular weight is 305 g/mol. The standard InChI is InChI=1S/C18H19N5/c1-22-17-16(12-21-22)18(20-13-19-17)23-9-7-15(8-10-23)11-14-5-3-2-4-6-14/h2-6,11-13H,7-10H2,1H3. The van der Waals surface area contributed by atoms with Crippen LogP contribution in [-0.4, -0.2) is 32.8 Å². The number of piperidine rings is 1. The fourth-order valence-electron chi connectivity index (χ4n) is 3.14. The third-order valence-electron chi connectivity index (χ3n) is 4.38. The van der Waals surface area contributed by atoms with E-state index in [1.54, 1.807) is 11.0 Å². The first-order chi connectivity index (χ1) is 11.3. The van der Waals surface area contributed by atoms with E-state index in [1.165, 1.54) is 11.1 Å². The van der Waals surface area contributed by atoms with E-state index in [0.717, 1.165) is 42.8 Å². The smallest absolute Gasteiger partial charge is 0.163 e. The van der Waals surface area contributed by atoms with Gasteiger partial charge in [-0.15, -0.1) is 0 Å². The van der Waals surface area contributed by atoms with Crippen molar-refractivity contribution in [2.45, 2.75) is 12.8 Å². The molecule has 1 aliphatic rings. The highest BCUT2D eigenvalue weighted by molar-refractivity contribution is 5.86. The number of nitrogens with zero attached hydrogens (tertiary/aromatic N) is 5. The lowest BCUT2D eigenvalue weighted by atomic mass is 10.0. The summed E-state index contributed by atoms with van der Waals surface area (Å²) in [7, 11) is 1.91. The molecule has 0 spiro atoms. The molecule has 0 unspecified atom stereocenters. The second kappa shape index (κ2) is 5.83. The molecule has 5 nitrogen and oxygen atoms in total. The Hall–Kier alpha value is -2.69. The fourth-order valence-corrected chi connectivity index (χ4v) is 3.14. The predicted molar refractivity (Wildman–Crippen MR) is 92.2 cm³/mol. The van der Waals surface area contributed by atoms with Gasteiger partial charge in [-0.05, 0) is 18.4 Å². The minimum Gasteiger partial charge on any atom is -0.355 e. The summed E-state index contributed by atoms with van der Waals surface area (Å²) >= 11 is 0. The molecule has 1 aromatic carbocycles. The van der Waals surface area contributed by atoms with E-state index in [4.69, 9.17) is 0 Å². The highest BCUT2D eigenvalue weighted by atomic mass is 15.3. The summed E-state index contributed by atoms with van der Waals surface area (Å²) in [5, 5.41) is 5.33. The second-order valence-corrected chi connectivity index (χ2v) is 5.90. The van der Waals surface area contributed by atoms with Crippen LogP contribution in [0.25, 0.3) is 17.1 Å². The summed E-state index contributed by atoms with van der Waals surface area (Å²) in [6.45, 7) is 1.97. The van der Waals surface area contributed by atoms with Crippen molar-refractivity contribution in [3.8, 4) is 0 Å². The van der Waals surface area contributed by atoms with Gasteiger partial charge in [0.15, 0.2) is 5.65 Å². The van der Waals surface area contributed by atoms with Gasteiger partial charge < -0.3 is 4.90 Å². The molecule has 23 heavy (non-hydrogen) atoms. The van der Waals surface area contributed by atoms with Crippen LogP contribution in [-0.2, 0) is 7.05 Å². The Morgan fingerprint density at radius 2 is 1.83 bits per heavy atom. The first-order valence-corrected chi connectivity index (χ1v) is 7.93. The van der Waals surface area contributed by atoms with E-state index < -0.39 is 0 Å². The maximum atomic E-state index is 4.49. The van der Waals surface area contributed by atoms with Crippen LogP contribution in [0.15, 0.2) is 48.4 Å². The molecule has 0 saturated carbocycles. The molecular formula is C18H19N5. The molecular weight excluding hydrogens is 286 g/mol. The molecule has 3 heterocycles. The summed E-state index contributed by atoms with van der Waals surface area (Å²) in [6, 6.07) is 10.5. The number of fused-ring (bicyclic) bond motifs is 1. The molecule has 5 heteroatoms. The third-order valence-corrected chi connectivity index (χ3v) is 4.38. The molecule has 1 saturated heterocycles. The molecule has 0 N–H and O–H groups in total. The average Bonchev–Trinajstić information content (AvgIpc) is 2.98. The van der Waals surface area contributed by atoms with Crippen LogP contribution in [0.2, 0.25) is 0 Å². The number of benzene rings is 1. The van der Waals surface area contributed by atoms with Gasteiger partial charge in [0.1, 0.15) is 12.1 Å². The van der Waals surface area contributed by atoms with Gasteiger partial charge in [0.05, 0.1) is 11.6 Å². The summed E-state index contributed by atoms with van der Waals surface area (Å²) in [4.78, 5) is 11.2. The van der Waals surface area contributed by atoms with Crippen LogP contribution < -0.4 is 4.90 Å². The van der Waals surface area contributed by atoms with Crippen molar-refractivity contribution in [2.24, 2.45) is 7.05 Å². The normalized spacial score (nSPS) is 15.2. The van der Waals surface area contributed by atoms with Crippen molar-refractivity contribution >= 4 is 22.9 Å². The highest BCUT2D eigenvalue weighted by Gasteiger charge is 2.19. The zero-order valence-corrected chi connectivity index (χ0v) is 13.2. The molecule has 0 bridgehead atoms. The van der Waals surface area contributed by atoms with Crippen LogP contribution in [0.5, 0.6) is 0 Å². The number of hydrogen-bond donors (Lipinski definition) is 0. The van der Waals surface area contributed by atoms with Gasteiger partial charge in [-0.3, -0.25) is 4.68 Å². The summed E-state index contributed by atoms with van der Waals surface area (Å²) < 4.78 is 1.80. The van der Waals surface area contributed by atoms with Crippen molar-refractivity contribution in [1.82, 2.24) is 19.7 Å². The number of anilines is 1. The molecule has 1 fully saturated rings. The molecule has 116 valence electrons. The third kappa shape index (κ3) is 2.70. The Morgan fingerprint density at radius 3 is 2.61 bits per heavy atom. The Labute approximate surface area is 135 Å². The van der Waals surface area contributed by atoms with Gasteiger partial charge in [-0.25, -0.2) is 9.97 Å². The topological polar surface area (TPSA) is 46.8 Å². The predicted octanol–water partition coefficient (Wildman–Crippen LogP) is 3.05. The molecule has 0 amide bonds. The van der Waals surface area contributed by atoms with Gasteiger partial charge in [0.25, 0.3) is 0 Å². The minimum absolute atomic E-state index is 0.889. The SMILES string of the molecule is Cn1ncc2c(N3CCC(=Cc4ccccc4)CC3)ncnc21. The van der Waals surface area contributed by atoms with Gasteiger partial charge in [-0.2, -0.15) is 5.10 Å². The molecule has 2 aromatic heterocycles. The van der Waals surface area contributed by atoms with E-state index in [-0.39, 0.29) is 0 Å². The van der Waals surface area contributed by atoms with Crippen LogP contribution in [0.1, 0.15) is 18.4 Å². The molecule has 1 aliphatic heterocycles. The number of hydrogen-bond acceptors (Lipinski definition) is 4. The first kappa shape index (κ1) is 13.9. The first-order valence-electron chi connectivity index (χ1n) is 7.93. The van der Waals surface area contributed by atoms with Gasteiger partial charge in [0.2, 0.25) is 0 Å². The van der Waals surface area contributed by atoms with E-state index in [9.17, 15) is 0 Å². The number of aryl methyl sites for hydroxylation is 1. The van der Waals surface area contributed by atoms with Crippen LogP contribution >= 0.6 is 0 Å². The monoisotopic (exact) mass is 305 g/mol. The molecule has 0 radical (unpaired) electrons. The minimum atomic E-state index is 0.889. The maximum Gasteiger partial charge on any atom is 0.163 e. The lowest BCUT2D eigenvalue weighted by Crippen LogP contribution is -2.31. The second-order valence-electron chi connectivity index (χ2n) is 5.90. The zero-order chi connectivity index (χ0) is 15.6. The van der Waals surface area contributed by atoms with Gasteiger partial charge >= 0.3 is 0 Å². The van der Waals surface area contributed by atoms with E-state index in [1.807, 2.05) is 13.2 Å². The maximum absolute atomic E-state index is 4.49. The summed E-state index contributed by atoms with van der Waals surface area (Å²) in [6.07, 6.45) is 7.95. The van der Waals surface area contributed by atoms with Crippen LogP contribution in [0.3, 0.4) is 0 Å². The lowest BCUT2D eigenvalue weighted by Gasteiger charge is -2.29. The van der Waals surface area contributed by atoms with Crippen molar-refractivity contribution < 1.29 is 0 Å². The molecule has 0 aliphatic carbocycles. The highest BCUT2D eigenvalue weighted by Crippen LogP contribution is 2.27. The van der Waals surface area contributed by atoms with Gasteiger partial charge in [-0.1, -0.05) is 42.0 Å². The zero-order valence-electron chi connectivity index (χ0n) is 13.2. The molecule has 0 atom stereocenters. The number of aromatic nitrogens is 4. The van der Waals surface area contributed by atoms with Crippen molar-refractivity contribution in [1.29, 1.82) is 0 Å². The molecule has 4 rings (SSSR count). The van der Waals surface area contributed by atoms with Crippen molar-refractivity contribution in [3.05, 3.63) is 54.0 Å². The Balaban J connectivity index is 1.54. The Morgan fingerprint density at radius 1 is 1.04 bits per heavy atom. The Bertz CT molecular complexity index is 840. The van der Waals surface area contributed by atoms with E-state index in [0.29, 0.717) is 0 Å². The van der Waals surface area contributed by atoms with Crippen molar-refractivity contribution in [3.63, 3.8) is 0 Å².